The van der Waals surface area contributed by atoms with E-state index in [4.69, 9.17) is 9.84 Å². The summed E-state index contributed by atoms with van der Waals surface area (Å²) in [4.78, 5) is 28.2. The van der Waals surface area contributed by atoms with E-state index in [-0.39, 0.29) is 12.5 Å². The fraction of sp³-hybridized carbons (Fsp3) is 0.480. The Bertz CT molecular complexity index is 949. The molecule has 0 spiro atoms. The molecule has 1 aromatic heterocycles. The summed E-state index contributed by atoms with van der Waals surface area (Å²) < 4.78 is 5.96. The topological polar surface area (TPSA) is 100.0 Å². The number of pyridine rings is 1. The summed E-state index contributed by atoms with van der Waals surface area (Å²) in [6.07, 6.45) is 9.11. The fourth-order valence-electron chi connectivity index (χ4n) is 4.10. The summed E-state index contributed by atoms with van der Waals surface area (Å²) in [5, 5.41) is 20.3. The van der Waals surface area contributed by atoms with E-state index in [1.165, 1.54) is 6.20 Å². The van der Waals surface area contributed by atoms with Crippen molar-refractivity contribution < 1.29 is 24.6 Å². The molecule has 7 nitrogen and oxygen atoms in total. The number of amides is 1. The number of carbonyl (C=O) groups is 2. The number of aryl methyl sites for hydroxylation is 1. The summed E-state index contributed by atoms with van der Waals surface area (Å²) in [5.41, 5.74) is 2.77. The molecule has 0 unspecified atom stereocenters. The van der Waals surface area contributed by atoms with Crippen molar-refractivity contribution in [2.45, 2.75) is 63.8 Å². The Balaban J connectivity index is 1.57. The van der Waals surface area contributed by atoms with E-state index in [2.05, 4.69) is 4.98 Å². The predicted octanol–water partition coefficient (Wildman–Crippen LogP) is 4.72. The molecule has 2 N–H and O–H groups in total. The number of aliphatic carboxylic acids is 1. The van der Waals surface area contributed by atoms with Gasteiger partial charge in [-0.2, -0.15) is 0 Å². The molecule has 2 fully saturated rings. The highest BCUT2D eigenvalue weighted by atomic mass is 16.5. The van der Waals surface area contributed by atoms with Gasteiger partial charge in [-0.05, 0) is 55.2 Å². The number of aromatic nitrogens is 1. The van der Waals surface area contributed by atoms with Gasteiger partial charge in [0, 0.05) is 18.2 Å². The van der Waals surface area contributed by atoms with E-state index in [0.29, 0.717) is 36.0 Å². The van der Waals surface area contributed by atoms with Crippen molar-refractivity contribution in [2.24, 2.45) is 5.92 Å². The number of carboxylic acid groups (broad SMARTS) is 1. The molecule has 170 valence electrons. The lowest BCUT2D eigenvalue weighted by molar-refractivity contribution is -0.136. The number of carbonyl (C=O) groups excluding carboxylic acids is 1. The van der Waals surface area contributed by atoms with Crippen LogP contribution in [0.2, 0.25) is 0 Å². The smallest absolute Gasteiger partial charge is 0.303 e. The Morgan fingerprint density at radius 2 is 1.78 bits per heavy atom. The molecule has 32 heavy (non-hydrogen) atoms. The Kier molecular flexibility index (Phi) is 7.05. The number of rotatable bonds is 9. The van der Waals surface area contributed by atoms with Crippen LogP contribution in [0.1, 0.15) is 67.3 Å². The van der Waals surface area contributed by atoms with Crippen molar-refractivity contribution >= 4 is 11.9 Å². The highest BCUT2D eigenvalue weighted by molar-refractivity contribution is 5.95. The van der Waals surface area contributed by atoms with Gasteiger partial charge >= 0.3 is 5.97 Å². The van der Waals surface area contributed by atoms with Gasteiger partial charge in [0.2, 0.25) is 5.88 Å². The van der Waals surface area contributed by atoms with E-state index < -0.39 is 11.9 Å². The zero-order chi connectivity index (χ0) is 22.5. The zero-order valence-corrected chi connectivity index (χ0v) is 18.2. The van der Waals surface area contributed by atoms with Crippen LogP contribution >= 0.6 is 0 Å². The first-order valence-corrected chi connectivity index (χ1v) is 11.5. The number of hydroxylamine groups is 2. The fourth-order valence-corrected chi connectivity index (χ4v) is 4.10. The van der Waals surface area contributed by atoms with Gasteiger partial charge in [0.1, 0.15) is 0 Å². The summed E-state index contributed by atoms with van der Waals surface area (Å²) in [6, 6.07) is 9.14. The maximum Gasteiger partial charge on any atom is 0.303 e. The van der Waals surface area contributed by atoms with Crippen molar-refractivity contribution in [1.82, 2.24) is 10.0 Å². The molecule has 4 rings (SSSR count). The van der Waals surface area contributed by atoms with Gasteiger partial charge in [-0.3, -0.25) is 14.8 Å². The Hall–Kier alpha value is -2.93. The van der Waals surface area contributed by atoms with E-state index in [0.717, 1.165) is 61.1 Å². The lowest BCUT2D eigenvalue weighted by atomic mass is 9.95. The highest BCUT2D eigenvalue weighted by Gasteiger charge is 2.27. The Labute approximate surface area is 188 Å². The number of hydrogen-bond acceptors (Lipinski definition) is 5. The maximum absolute atomic E-state index is 13.0. The second-order valence-electron chi connectivity index (χ2n) is 8.86. The first-order chi connectivity index (χ1) is 15.5. The SMILES string of the molecule is O=C(O)CCc1ccc(-c2cc(C(=O)N(O)C3CCCCC3)cnc2OCC2CC2)cc1. The molecule has 0 bridgehead atoms. The van der Waals surface area contributed by atoms with Crippen LogP contribution < -0.4 is 4.74 Å². The number of nitrogens with zero attached hydrogens (tertiary/aromatic N) is 2. The average molecular weight is 439 g/mol. The summed E-state index contributed by atoms with van der Waals surface area (Å²) in [6.45, 7) is 0.595. The standard InChI is InChI=1S/C25H30N2O5/c28-23(29)13-10-17-8-11-19(12-9-17)22-14-20(15-26-24(22)32-16-18-6-7-18)25(30)27(31)21-4-2-1-3-5-21/h8-9,11-12,14-15,18,21,31H,1-7,10,13,16H2,(H,28,29). The van der Waals surface area contributed by atoms with Crippen LogP contribution in [-0.2, 0) is 11.2 Å². The number of benzene rings is 1. The molecular weight excluding hydrogens is 408 g/mol. The van der Waals surface area contributed by atoms with Gasteiger partial charge in [0.25, 0.3) is 5.91 Å². The van der Waals surface area contributed by atoms with Crippen LogP contribution in [-0.4, -0.2) is 44.9 Å². The van der Waals surface area contributed by atoms with Crippen LogP contribution in [0, 0.1) is 5.92 Å². The van der Waals surface area contributed by atoms with E-state index in [1.54, 1.807) is 6.07 Å². The predicted molar refractivity (Wildman–Crippen MR) is 119 cm³/mol. The minimum atomic E-state index is -0.827. The van der Waals surface area contributed by atoms with Crippen molar-refractivity contribution in [2.75, 3.05) is 6.61 Å². The quantitative estimate of drug-likeness (QED) is 0.434. The van der Waals surface area contributed by atoms with Crippen LogP contribution in [0.25, 0.3) is 11.1 Å². The monoisotopic (exact) mass is 438 g/mol. The van der Waals surface area contributed by atoms with Gasteiger partial charge in [0.15, 0.2) is 0 Å². The summed E-state index contributed by atoms with van der Waals surface area (Å²) >= 11 is 0. The second kappa shape index (κ2) is 10.1. The third kappa shape index (κ3) is 5.65. The first-order valence-electron chi connectivity index (χ1n) is 11.5. The molecule has 0 radical (unpaired) electrons. The van der Waals surface area contributed by atoms with Crippen LogP contribution in [0.15, 0.2) is 36.5 Å². The molecule has 2 saturated carbocycles. The molecule has 1 aromatic carbocycles. The third-order valence-electron chi connectivity index (χ3n) is 6.27. The lowest BCUT2D eigenvalue weighted by Crippen LogP contribution is -2.38. The molecule has 1 heterocycles. The molecule has 7 heteroatoms. The van der Waals surface area contributed by atoms with Crippen molar-refractivity contribution in [3.8, 4) is 17.0 Å². The molecule has 0 aliphatic heterocycles. The first kappa shape index (κ1) is 22.3. The Morgan fingerprint density at radius 1 is 1.06 bits per heavy atom. The van der Waals surface area contributed by atoms with E-state index >= 15 is 0 Å². The second-order valence-corrected chi connectivity index (χ2v) is 8.86. The van der Waals surface area contributed by atoms with Gasteiger partial charge in [-0.1, -0.05) is 43.5 Å². The molecule has 2 aliphatic carbocycles. The van der Waals surface area contributed by atoms with E-state index in [1.807, 2.05) is 24.3 Å². The molecular formula is C25H30N2O5. The van der Waals surface area contributed by atoms with Gasteiger partial charge in [-0.15, -0.1) is 0 Å². The van der Waals surface area contributed by atoms with Crippen molar-refractivity contribution in [3.05, 3.63) is 47.7 Å². The molecule has 1 amide bonds. The third-order valence-corrected chi connectivity index (χ3v) is 6.27. The lowest BCUT2D eigenvalue weighted by Gasteiger charge is -2.29. The van der Waals surface area contributed by atoms with Crippen molar-refractivity contribution in [3.63, 3.8) is 0 Å². The minimum Gasteiger partial charge on any atom is -0.481 e. The average Bonchev–Trinajstić information content (AvgIpc) is 3.66. The van der Waals surface area contributed by atoms with Gasteiger partial charge in [-0.25, -0.2) is 10.0 Å². The zero-order valence-electron chi connectivity index (χ0n) is 18.2. The molecule has 2 aromatic rings. The van der Waals surface area contributed by atoms with Crippen LogP contribution in [0.4, 0.5) is 0 Å². The summed E-state index contributed by atoms with van der Waals surface area (Å²) in [7, 11) is 0. The summed E-state index contributed by atoms with van der Waals surface area (Å²) in [5.74, 6) is -0.248. The van der Waals surface area contributed by atoms with Gasteiger partial charge < -0.3 is 9.84 Å². The highest BCUT2D eigenvalue weighted by Crippen LogP contribution is 2.34. The van der Waals surface area contributed by atoms with E-state index in [9.17, 15) is 14.8 Å². The van der Waals surface area contributed by atoms with Crippen LogP contribution in [0.3, 0.4) is 0 Å². The Morgan fingerprint density at radius 3 is 2.44 bits per heavy atom. The van der Waals surface area contributed by atoms with Crippen LogP contribution in [0.5, 0.6) is 5.88 Å². The number of ether oxygens (including phenoxy) is 1. The minimum absolute atomic E-state index is 0.0775. The number of hydrogen-bond donors (Lipinski definition) is 2. The molecule has 0 saturated heterocycles. The molecule has 2 aliphatic rings. The van der Waals surface area contributed by atoms with Crippen molar-refractivity contribution in [1.29, 1.82) is 0 Å². The maximum atomic E-state index is 13.0. The normalized spacial score (nSPS) is 16.5. The largest absolute Gasteiger partial charge is 0.481 e. The number of carboxylic acids is 1. The van der Waals surface area contributed by atoms with Gasteiger partial charge in [0.05, 0.1) is 18.2 Å². The molecule has 0 atom stereocenters.